The summed E-state index contributed by atoms with van der Waals surface area (Å²) >= 11 is 6.06. The zero-order valence-corrected chi connectivity index (χ0v) is 19.1. The van der Waals surface area contributed by atoms with E-state index in [4.69, 9.17) is 11.6 Å². The molecule has 34 heavy (non-hydrogen) atoms. The number of amides is 2. The molecular formula is C23H25ClF3N5O2. The summed E-state index contributed by atoms with van der Waals surface area (Å²) in [5.74, 6) is 0.472. The number of anilines is 2. The number of pyridine rings is 2. The lowest BCUT2D eigenvalue weighted by Crippen LogP contribution is -2.46. The molecule has 0 saturated carbocycles. The van der Waals surface area contributed by atoms with E-state index in [1.54, 1.807) is 24.4 Å². The van der Waals surface area contributed by atoms with E-state index in [1.165, 1.54) is 0 Å². The highest BCUT2D eigenvalue weighted by molar-refractivity contribution is 6.33. The van der Waals surface area contributed by atoms with Crippen molar-refractivity contribution in [1.29, 1.82) is 0 Å². The van der Waals surface area contributed by atoms with Crippen molar-refractivity contribution in [3.05, 3.63) is 47.2 Å². The fraction of sp³-hybridized carbons (Fsp3) is 0.478. The minimum Gasteiger partial charge on any atom is -0.355 e. The molecule has 0 aromatic carbocycles. The van der Waals surface area contributed by atoms with Crippen LogP contribution in [0.15, 0.2) is 36.7 Å². The van der Waals surface area contributed by atoms with Crippen LogP contribution in [0, 0.1) is 11.8 Å². The number of carbonyl (C=O) groups is 2. The predicted molar refractivity (Wildman–Crippen MR) is 121 cm³/mol. The number of hydrogen-bond acceptors (Lipinski definition) is 5. The molecule has 2 amide bonds. The summed E-state index contributed by atoms with van der Waals surface area (Å²) < 4.78 is 38.5. The topological polar surface area (TPSA) is 78.4 Å². The van der Waals surface area contributed by atoms with Crippen LogP contribution in [0.5, 0.6) is 0 Å². The molecule has 0 radical (unpaired) electrons. The average molecular weight is 496 g/mol. The second kappa shape index (κ2) is 10.2. The summed E-state index contributed by atoms with van der Waals surface area (Å²) in [6.07, 6.45) is 0.218. The number of hydrogen-bond donors (Lipinski definition) is 1. The Kier molecular flexibility index (Phi) is 7.25. The van der Waals surface area contributed by atoms with Crippen molar-refractivity contribution < 1.29 is 22.8 Å². The molecule has 0 atom stereocenters. The summed E-state index contributed by atoms with van der Waals surface area (Å²) in [4.78, 5) is 37.2. The Hall–Kier alpha value is -2.88. The van der Waals surface area contributed by atoms with E-state index in [1.807, 2.05) is 9.80 Å². The molecule has 2 saturated heterocycles. The Morgan fingerprint density at radius 1 is 1.00 bits per heavy atom. The highest BCUT2D eigenvalue weighted by Gasteiger charge is 2.35. The Balaban J connectivity index is 1.26. The van der Waals surface area contributed by atoms with Crippen molar-refractivity contribution in [2.24, 2.45) is 11.8 Å². The molecular weight excluding hydrogens is 471 g/mol. The summed E-state index contributed by atoms with van der Waals surface area (Å²) in [6.45, 7) is 2.01. The predicted octanol–water partition coefficient (Wildman–Crippen LogP) is 4.24. The van der Waals surface area contributed by atoms with Gasteiger partial charge in [0, 0.05) is 50.4 Å². The van der Waals surface area contributed by atoms with Gasteiger partial charge < -0.3 is 15.1 Å². The maximum atomic E-state index is 13.0. The third-order valence-electron chi connectivity index (χ3n) is 6.39. The van der Waals surface area contributed by atoms with E-state index in [-0.39, 0.29) is 28.7 Å². The molecule has 2 fully saturated rings. The van der Waals surface area contributed by atoms with E-state index in [2.05, 4.69) is 15.3 Å². The number of piperidine rings is 2. The number of nitrogens with zero attached hydrogens (tertiary/aromatic N) is 4. The zero-order chi connectivity index (χ0) is 24.3. The molecule has 4 heterocycles. The molecule has 2 aliphatic rings. The van der Waals surface area contributed by atoms with Crippen molar-refractivity contribution in [3.8, 4) is 0 Å². The molecule has 7 nitrogen and oxygen atoms in total. The third-order valence-corrected chi connectivity index (χ3v) is 6.66. The van der Waals surface area contributed by atoms with Crippen LogP contribution < -0.4 is 10.2 Å². The van der Waals surface area contributed by atoms with Gasteiger partial charge in [-0.15, -0.1) is 0 Å². The van der Waals surface area contributed by atoms with Crippen LogP contribution in [0.4, 0.5) is 24.8 Å². The van der Waals surface area contributed by atoms with Crippen molar-refractivity contribution in [3.63, 3.8) is 0 Å². The number of nitrogens with one attached hydrogen (secondary N) is 1. The maximum absolute atomic E-state index is 13.0. The first kappa shape index (κ1) is 24.3. The Morgan fingerprint density at radius 3 is 2.26 bits per heavy atom. The van der Waals surface area contributed by atoms with E-state index < -0.39 is 11.7 Å². The summed E-state index contributed by atoms with van der Waals surface area (Å²) in [7, 11) is 0. The van der Waals surface area contributed by atoms with Gasteiger partial charge in [-0.3, -0.25) is 9.59 Å². The Morgan fingerprint density at radius 2 is 1.68 bits per heavy atom. The number of aromatic nitrogens is 2. The summed E-state index contributed by atoms with van der Waals surface area (Å²) in [6, 6.07) is 6.20. The van der Waals surface area contributed by atoms with Crippen molar-refractivity contribution in [1.82, 2.24) is 14.9 Å². The second-order valence-corrected chi connectivity index (χ2v) is 9.00. The third kappa shape index (κ3) is 5.60. The lowest BCUT2D eigenvalue weighted by molar-refractivity contribution is -0.139. The molecule has 0 bridgehead atoms. The van der Waals surface area contributed by atoms with Crippen LogP contribution in [0.2, 0.25) is 5.02 Å². The largest absolute Gasteiger partial charge is 0.417 e. The van der Waals surface area contributed by atoms with Gasteiger partial charge in [-0.2, -0.15) is 13.2 Å². The molecule has 2 aromatic rings. The van der Waals surface area contributed by atoms with Gasteiger partial charge in [0.25, 0.3) is 0 Å². The van der Waals surface area contributed by atoms with Gasteiger partial charge in [0.15, 0.2) is 0 Å². The van der Waals surface area contributed by atoms with E-state index in [0.717, 1.165) is 12.3 Å². The van der Waals surface area contributed by atoms with E-state index in [0.29, 0.717) is 63.5 Å². The van der Waals surface area contributed by atoms with E-state index >= 15 is 0 Å². The highest BCUT2D eigenvalue weighted by Crippen LogP contribution is 2.35. The molecule has 2 aromatic heterocycles. The lowest BCUT2D eigenvalue weighted by atomic mass is 9.91. The molecule has 1 N–H and O–H groups in total. The minimum absolute atomic E-state index is 0.0503. The normalized spacial score (nSPS) is 18.1. The van der Waals surface area contributed by atoms with Gasteiger partial charge in [0.05, 0.1) is 10.6 Å². The van der Waals surface area contributed by atoms with Crippen molar-refractivity contribution in [2.45, 2.75) is 31.9 Å². The average Bonchev–Trinajstić information content (AvgIpc) is 2.84. The first-order chi connectivity index (χ1) is 16.2. The monoisotopic (exact) mass is 495 g/mol. The number of rotatable bonds is 4. The molecule has 2 aliphatic heterocycles. The lowest BCUT2D eigenvalue weighted by Gasteiger charge is -2.37. The van der Waals surface area contributed by atoms with Crippen LogP contribution in [0.3, 0.4) is 0 Å². The van der Waals surface area contributed by atoms with Crippen LogP contribution in [-0.4, -0.2) is 52.9 Å². The molecule has 11 heteroatoms. The molecule has 182 valence electrons. The SMILES string of the molecule is O=C(Nc1ccccn1)C1CCN(C(=O)C2CCN(c3ncc(C(F)(F)F)cc3Cl)CC2)CC1. The second-order valence-electron chi connectivity index (χ2n) is 8.59. The van der Waals surface area contributed by atoms with Gasteiger partial charge in [0.2, 0.25) is 11.8 Å². The van der Waals surface area contributed by atoms with Crippen molar-refractivity contribution >= 4 is 35.1 Å². The quantitative estimate of drug-likeness (QED) is 0.686. The van der Waals surface area contributed by atoms with Crippen LogP contribution in [0.1, 0.15) is 31.2 Å². The first-order valence-corrected chi connectivity index (χ1v) is 11.6. The zero-order valence-electron chi connectivity index (χ0n) is 18.4. The van der Waals surface area contributed by atoms with Crippen LogP contribution >= 0.6 is 11.6 Å². The number of alkyl halides is 3. The summed E-state index contributed by atoms with van der Waals surface area (Å²) in [5, 5.41) is 2.77. The number of likely N-dealkylation sites (tertiary alicyclic amines) is 1. The molecule has 0 unspecified atom stereocenters. The van der Waals surface area contributed by atoms with E-state index in [9.17, 15) is 22.8 Å². The van der Waals surface area contributed by atoms with Gasteiger partial charge in [-0.1, -0.05) is 17.7 Å². The maximum Gasteiger partial charge on any atom is 0.417 e. The van der Waals surface area contributed by atoms with Crippen molar-refractivity contribution in [2.75, 3.05) is 36.4 Å². The molecule has 0 spiro atoms. The Bertz CT molecular complexity index is 1020. The molecule has 4 rings (SSSR count). The van der Waals surface area contributed by atoms with Crippen LogP contribution in [-0.2, 0) is 15.8 Å². The van der Waals surface area contributed by atoms with Gasteiger partial charge >= 0.3 is 6.18 Å². The van der Waals surface area contributed by atoms with Gasteiger partial charge in [-0.25, -0.2) is 9.97 Å². The van der Waals surface area contributed by atoms with Gasteiger partial charge in [0.1, 0.15) is 11.6 Å². The standard InChI is InChI=1S/C23H25ClF3N5O2/c24-18-13-17(23(25,26)27)14-29-20(18)31-9-6-16(7-10-31)22(34)32-11-4-15(5-12-32)21(33)30-19-3-1-2-8-28-19/h1-3,8,13-16H,4-7,9-12H2,(H,28,30,33). The fourth-order valence-corrected chi connectivity index (χ4v) is 4.73. The summed E-state index contributed by atoms with van der Waals surface area (Å²) in [5.41, 5.74) is -0.886. The molecule has 0 aliphatic carbocycles. The number of carbonyl (C=O) groups excluding carboxylic acids is 2. The fourth-order valence-electron chi connectivity index (χ4n) is 4.44. The number of halogens is 4. The minimum atomic E-state index is -4.50. The van der Waals surface area contributed by atoms with Gasteiger partial charge in [-0.05, 0) is 43.9 Å². The Labute approximate surface area is 200 Å². The smallest absolute Gasteiger partial charge is 0.355 e. The highest BCUT2D eigenvalue weighted by atomic mass is 35.5. The van der Waals surface area contributed by atoms with Crippen LogP contribution in [0.25, 0.3) is 0 Å². The first-order valence-electron chi connectivity index (χ1n) is 11.2.